The van der Waals surface area contributed by atoms with E-state index in [2.05, 4.69) is 15.0 Å². The third-order valence-electron chi connectivity index (χ3n) is 6.42. The zero-order chi connectivity index (χ0) is 24.8. The van der Waals surface area contributed by atoms with E-state index >= 15 is 0 Å². The average Bonchev–Trinajstić information content (AvgIpc) is 3.66. The Labute approximate surface area is 201 Å². The molecule has 8 nitrogen and oxygen atoms in total. The lowest BCUT2D eigenvalue weighted by atomic mass is 9.94. The number of hydrogen-bond donors (Lipinski definition) is 2. The van der Waals surface area contributed by atoms with Crippen LogP contribution in [-0.2, 0) is 31.4 Å². The van der Waals surface area contributed by atoms with Crippen LogP contribution in [0.5, 0.6) is 0 Å². The highest BCUT2D eigenvalue weighted by atomic mass is 32.2. The summed E-state index contributed by atoms with van der Waals surface area (Å²) in [5.74, 6) is -1.34. The van der Waals surface area contributed by atoms with Gasteiger partial charge in [0, 0.05) is 18.5 Å². The molecule has 1 amide bonds. The lowest BCUT2D eigenvalue weighted by molar-refractivity contribution is -0.143. The zero-order valence-corrected chi connectivity index (χ0v) is 19.6. The van der Waals surface area contributed by atoms with Gasteiger partial charge in [-0.2, -0.15) is 0 Å². The van der Waals surface area contributed by atoms with E-state index < -0.39 is 21.3 Å². The lowest BCUT2D eigenvalue weighted by Gasteiger charge is -2.18. The summed E-state index contributed by atoms with van der Waals surface area (Å²) in [5, 5.41) is 2.69. The highest BCUT2D eigenvalue weighted by molar-refractivity contribution is 7.92. The third-order valence-corrected chi connectivity index (χ3v) is 7.84. The summed E-state index contributed by atoms with van der Waals surface area (Å²) >= 11 is 0. The Morgan fingerprint density at radius 1 is 1.11 bits per heavy atom. The molecule has 0 spiro atoms. The molecule has 2 aromatic carbocycles. The molecule has 1 aliphatic carbocycles. The minimum absolute atomic E-state index is 0.0973. The SMILES string of the molecule is COC(=O)C1(c2ccc(-c3ccc(F)cc3S(=O)(=O)Nc3cnc4c(c3)C(=O)NCC4)cc2)CC1. The van der Waals surface area contributed by atoms with Gasteiger partial charge in [-0.15, -0.1) is 0 Å². The fourth-order valence-corrected chi connectivity index (χ4v) is 5.68. The van der Waals surface area contributed by atoms with Crippen molar-refractivity contribution < 1.29 is 27.1 Å². The van der Waals surface area contributed by atoms with E-state index in [1.54, 1.807) is 24.3 Å². The van der Waals surface area contributed by atoms with Crippen LogP contribution in [0.3, 0.4) is 0 Å². The molecular formula is C25H22FN3O5S. The van der Waals surface area contributed by atoms with Gasteiger partial charge in [0.05, 0.1) is 40.6 Å². The van der Waals surface area contributed by atoms with Crippen LogP contribution in [0, 0.1) is 5.82 Å². The highest BCUT2D eigenvalue weighted by Gasteiger charge is 2.52. The number of ether oxygens (including phenoxy) is 1. The number of amides is 1. The normalized spacial score (nSPS) is 16.1. The van der Waals surface area contributed by atoms with Crippen LogP contribution in [0.2, 0.25) is 0 Å². The molecule has 0 unspecified atom stereocenters. The van der Waals surface area contributed by atoms with Gasteiger partial charge in [0.1, 0.15) is 5.82 Å². The number of anilines is 1. The summed E-state index contributed by atoms with van der Waals surface area (Å²) in [4.78, 5) is 28.2. The van der Waals surface area contributed by atoms with Crippen molar-refractivity contribution in [1.29, 1.82) is 0 Å². The molecule has 0 saturated heterocycles. The number of nitrogens with zero attached hydrogens (tertiary/aromatic N) is 1. The number of sulfonamides is 1. The molecule has 0 atom stereocenters. The fraction of sp³-hybridized carbons (Fsp3) is 0.240. The lowest BCUT2D eigenvalue weighted by Crippen LogP contribution is -2.32. The van der Waals surface area contributed by atoms with Crippen molar-refractivity contribution in [1.82, 2.24) is 10.3 Å². The third kappa shape index (κ3) is 4.14. The molecule has 2 aliphatic rings. The van der Waals surface area contributed by atoms with E-state index in [1.165, 1.54) is 31.5 Å². The first-order valence-corrected chi connectivity index (χ1v) is 12.5. The molecule has 10 heteroatoms. The Morgan fingerprint density at radius 3 is 2.54 bits per heavy atom. The molecule has 1 aliphatic heterocycles. The minimum atomic E-state index is -4.24. The van der Waals surface area contributed by atoms with Gasteiger partial charge in [-0.05, 0) is 42.2 Å². The number of pyridine rings is 1. The largest absolute Gasteiger partial charge is 0.468 e. The summed E-state index contributed by atoms with van der Waals surface area (Å²) < 4.78 is 48.1. The number of benzene rings is 2. The van der Waals surface area contributed by atoms with E-state index in [-0.39, 0.29) is 28.0 Å². The van der Waals surface area contributed by atoms with Crippen LogP contribution in [0.25, 0.3) is 11.1 Å². The van der Waals surface area contributed by atoms with Crippen molar-refractivity contribution in [2.75, 3.05) is 18.4 Å². The Morgan fingerprint density at radius 2 is 1.86 bits per heavy atom. The van der Waals surface area contributed by atoms with Crippen LogP contribution in [0.4, 0.5) is 10.1 Å². The monoisotopic (exact) mass is 495 g/mol. The first-order chi connectivity index (χ1) is 16.7. The molecule has 0 radical (unpaired) electrons. The number of fused-ring (bicyclic) bond motifs is 1. The molecule has 1 fully saturated rings. The molecule has 2 N–H and O–H groups in total. The van der Waals surface area contributed by atoms with E-state index in [9.17, 15) is 22.4 Å². The number of nitrogens with one attached hydrogen (secondary N) is 2. The molecule has 3 aromatic rings. The van der Waals surface area contributed by atoms with Crippen LogP contribution >= 0.6 is 0 Å². The summed E-state index contributed by atoms with van der Waals surface area (Å²) in [6.45, 7) is 0.468. The van der Waals surface area contributed by atoms with E-state index in [1.807, 2.05) is 0 Å². The van der Waals surface area contributed by atoms with Crippen molar-refractivity contribution in [2.45, 2.75) is 29.6 Å². The van der Waals surface area contributed by atoms with Crippen LogP contribution in [-0.4, -0.2) is 38.9 Å². The molecule has 1 saturated carbocycles. The number of carbonyl (C=O) groups excluding carboxylic acids is 2. The Bertz CT molecular complexity index is 1450. The number of methoxy groups -OCH3 is 1. The zero-order valence-electron chi connectivity index (χ0n) is 18.8. The molecule has 35 heavy (non-hydrogen) atoms. The van der Waals surface area contributed by atoms with Crippen LogP contribution in [0.15, 0.2) is 59.6 Å². The second kappa shape index (κ2) is 8.46. The number of halogens is 1. The second-order valence-corrected chi connectivity index (χ2v) is 10.3. The number of carbonyl (C=O) groups is 2. The number of esters is 1. The van der Waals surface area contributed by atoms with Crippen molar-refractivity contribution in [3.05, 3.63) is 77.4 Å². The number of aromatic nitrogens is 1. The predicted molar refractivity (Wildman–Crippen MR) is 126 cm³/mol. The van der Waals surface area contributed by atoms with Crippen LogP contribution < -0.4 is 10.0 Å². The van der Waals surface area contributed by atoms with E-state index in [4.69, 9.17) is 4.74 Å². The van der Waals surface area contributed by atoms with Crippen molar-refractivity contribution in [3.63, 3.8) is 0 Å². The summed E-state index contributed by atoms with van der Waals surface area (Å²) in [6.07, 6.45) is 3.26. The molecule has 2 heterocycles. The minimum Gasteiger partial charge on any atom is -0.468 e. The quantitative estimate of drug-likeness (QED) is 0.508. The van der Waals surface area contributed by atoms with Gasteiger partial charge in [-0.3, -0.25) is 19.3 Å². The van der Waals surface area contributed by atoms with Crippen LogP contribution in [0.1, 0.15) is 34.5 Å². The van der Waals surface area contributed by atoms with Gasteiger partial charge >= 0.3 is 5.97 Å². The molecule has 0 bridgehead atoms. The molecule has 5 rings (SSSR count). The summed E-state index contributed by atoms with van der Waals surface area (Å²) in [5.41, 5.74) is 1.94. The van der Waals surface area contributed by atoms with Gasteiger partial charge in [0.25, 0.3) is 15.9 Å². The predicted octanol–water partition coefficient (Wildman–Crippen LogP) is 3.18. The molecular weight excluding hydrogens is 473 g/mol. The van der Waals surface area contributed by atoms with Crippen molar-refractivity contribution in [2.24, 2.45) is 0 Å². The maximum atomic E-state index is 14.2. The number of hydrogen-bond acceptors (Lipinski definition) is 6. The first kappa shape index (κ1) is 23.0. The van der Waals surface area contributed by atoms with Crippen molar-refractivity contribution in [3.8, 4) is 11.1 Å². The summed E-state index contributed by atoms with van der Waals surface area (Å²) in [7, 11) is -2.89. The fourth-order valence-electron chi connectivity index (χ4n) is 4.40. The molecule has 180 valence electrons. The second-order valence-electron chi connectivity index (χ2n) is 8.62. The topological polar surface area (TPSA) is 114 Å². The van der Waals surface area contributed by atoms with Gasteiger partial charge in [0.15, 0.2) is 0 Å². The van der Waals surface area contributed by atoms with Gasteiger partial charge in [-0.1, -0.05) is 30.3 Å². The molecule has 1 aromatic heterocycles. The average molecular weight is 496 g/mol. The van der Waals surface area contributed by atoms with Gasteiger partial charge in [0.2, 0.25) is 0 Å². The number of rotatable bonds is 6. The Kier molecular flexibility index (Phi) is 5.55. The van der Waals surface area contributed by atoms with E-state index in [0.717, 1.165) is 11.6 Å². The first-order valence-electron chi connectivity index (χ1n) is 11.0. The smallest absolute Gasteiger partial charge is 0.316 e. The highest BCUT2D eigenvalue weighted by Crippen LogP contribution is 2.49. The Hall–Kier alpha value is -3.79. The van der Waals surface area contributed by atoms with Gasteiger partial charge < -0.3 is 10.1 Å². The maximum Gasteiger partial charge on any atom is 0.316 e. The van der Waals surface area contributed by atoms with Crippen molar-refractivity contribution >= 4 is 27.6 Å². The standard InChI is InChI=1S/C25H22FN3O5S/c1-34-24(31)25(9-10-25)16-4-2-15(3-5-16)19-7-6-17(26)12-22(19)35(32,33)29-18-13-20-21(28-14-18)8-11-27-23(20)30/h2-7,12-14,29H,8-11H2,1H3,(H,27,30). The summed E-state index contributed by atoms with van der Waals surface area (Å²) in [6, 6.07) is 11.9. The van der Waals surface area contributed by atoms with Gasteiger partial charge in [-0.25, -0.2) is 12.8 Å². The maximum absolute atomic E-state index is 14.2. The Balaban J connectivity index is 1.49. The van der Waals surface area contributed by atoms with E-state index in [0.29, 0.717) is 42.6 Å².